The smallest absolute Gasteiger partial charge is 0.255 e. The Balaban J connectivity index is 1.60. The van der Waals surface area contributed by atoms with Gasteiger partial charge < -0.3 is 5.32 Å². The molecule has 0 saturated carbocycles. The summed E-state index contributed by atoms with van der Waals surface area (Å²) in [5, 5.41) is 7.97. The van der Waals surface area contributed by atoms with Crippen LogP contribution < -0.4 is 10.2 Å². The third-order valence-electron chi connectivity index (χ3n) is 4.54. The van der Waals surface area contributed by atoms with Gasteiger partial charge in [0.05, 0.1) is 23.3 Å². The Morgan fingerprint density at radius 2 is 1.89 bits per heavy atom. The molecule has 8 nitrogen and oxygen atoms in total. The Bertz CT molecular complexity index is 1090. The van der Waals surface area contributed by atoms with Crippen molar-refractivity contribution in [3.63, 3.8) is 0 Å². The summed E-state index contributed by atoms with van der Waals surface area (Å²) in [6, 6.07) is 8.28. The van der Waals surface area contributed by atoms with Gasteiger partial charge in [-0.3, -0.25) is 24.0 Å². The van der Waals surface area contributed by atoms with Crippen molar-refractivity contribution < 1.29 is 14.4 Å². The van der Waals surface area contributed by atoms with Crippen molar-refractivity contribution in [2.75, 3.05) is 10.2 Å². The molecule has 3 aromatic rings. The number of aryl methyl sites for hydroxylation is 2. The topological polar surface area (TPSA) is 97.2 Å². The minimum atomic E-state index is -0.348. The molecule has 1 aliphatic rings. The van der Waals surface area contributed by atoms with Gasteiger partial charge in [-0.2, -0.15) is 5.10 Å². The molecule has 27 heavy (non-hydrogen) atoms. The van der Waals surface area contributed by atoms with E-state index in [1.54, 1.807) is 29.1 Å². The summed E-state index contributed by atoms with van der Waals surface area (Å²) >= 11 is 0. The second-order valence-electron chi connectivity index (χ2n) is 6.43. The van der Waals surface area contributed by atoms with Crippen molar-refractivity contribution in [2.24, 2.45) is 7.05 Å². The van der Waals surface area contributed by atoms with Crippen LogP contribution in [0.5, 0.6) is 0 Å². The van der Waals surface area contributed by atoms with Gasteiger partial charge in [0, 0.05) is 30.8 Å². The number of pyridine rings is 1. The average Bonchev–Trinajstić information content (AvgIpc) is 3.13. The van der Waals surface area contributed by atoms with Gasteiger partial charge in [-0.1, -0.05) is 6.07 Å². The van der Waals surface area contributed by atoms with Crippen LogP contribution in [0.1, 0.15) is 28.9 Å². The predicted molar refractivity (Wildman–Crippen MR) is 99.4 cm³/mol. The van der Waals surface area contributed by atoms with Gasteiger partial charge in [0.15, 0.2) is 5.65 Å². The molecular formula is C19H17N5O3. The summed E-state index contributed by atoms with van der Waals surface area (Å²) in [5.41, 5.74) is 2.86. The first kappa shape index (κ1) is 16.9. The molecule has 1 aliphatic heterocycles. The lowest BCUT2D eigenvalue weighted by Crippen LogP contribution is -2.28. The molecule has 4 rings (SSSR count). The summed E-state index contributed by atoms with van der Waals surface area (Å²) in [6.45, 7) is 1.88. The van der Waals surface area contributed by atoms with Gasteiger partial charge >= 0.3 is 0 Å². The van der Waals surface area contributed by atoms with Gasteiger partial charge in [-0.05, 0) is 31.2 Å². The fraction of sp³-hybridized carbons (Fsp3) is 0.211. The van der Waals surface area contributed by atoms with Crippen LogP contribution in [0, 0.1) is 6.92 Å². The van der Waals surface area contributed by atoms with Gasteiger partial charge in [-0.25, -0.2) is 4.98 Å². The lowest BCUT2D eigenvalue weighted by atomic mass is 10.1. The normalized spacial score (nSPS) is 14.2. The van der Waals surface area contributed by atoms with E-state index >= 15 is 0 Å². The van der Waals surface area contributed by atoms with Crippen LogP contribution in [0.4, 0.5) is 11.4 Å². The van der Waals surface area contributed by atoms with Crippen LogP contribution in [0.2, 0.25) is 0 Å². The average molecular weight is 363 g/mol. The SMILES string of the molecule is Cc1nn(C)c2ncc(NC(=O)c3cccc(N4C(=O)CCC4=O)c3)cc12. The molecule has 0 unspecified atom stereocenters. The van der Waals surface area contributed by atoms with Crippen molar-refractivity contribution in [3.8, 4) is 0 Å². The molecule has 0 atom stereocenters. The van der Waals surface area contributed by atoms with E-state index in [2.05, 4.69) is 15.4 Å². The second kappa shape index (κ2) is 6.31. The molecule has 0 aliphatic carbocycles. The highest BCUT2D eigenvalue weighted by atomic mass is 16.2. The summed E-state index contributed by atoms with van der Waals surface area (Å²) in [5.74, 6) is -0.850. The maximum atomic E-state index is 12.6. The molecule has 3 heterocycles. The molecule has 0 bridgehead atoms. The zero-order valence-electron chi connectivity index (χ0n) is 14.9. The summed E-state index contributed by atoms with van der Waals surface area (Å²) in [4.78, 5) is 41.9. The quantitative estimate of drug-likeness (QED) is 0.720. The number of aromatic nitrogens is 3. The molecule has 2 aromatic heterocycles. The number of benzene rings is 1. The van der Waals surface area contributed by atoms with Crippen molar-refractivity contribution in [1.82, 2.24) is 14.8 Å². The van der Waals surface area contributed by atoms with Crippen molar-refractivity contribution in [3.05, 3.63) is 47.8 Å². The van der Waals surface area contributed by atoms with Crippen LogP contribution in [-0.4, -0.2) is 32.5 Å². The maximum absolute atomic E-state index is 12.6. The van der Waals surface area contributed by atoms with E-state index in [1.807, 2.05) is 20.0 Å². The highest BCUT2D eigenvalue weighted by Gasteiger charge is 2.30. The lowest BCUT2D eigenvalue weighted by molar-refractivity contribution is -0.121. The Hall–Kier alpha value is -3.55. The summed E-state index contributed by atoms with van der Waals surface area (Å²) in [6.07, 6.45) is 1.97. The predicted octanol–water partition coefficient (Wildman–Crippen LogP) is 2.18. The van der Waals surface area contributed by atoms with Gasteiger partial charge in [-0.15, -0.1) is 0 Å². The number of nitrogens with one attached hydrogen (secondary N) is 1. The Morgan fingerprint density at radius 1 is 1.15 bits per heavy atom. The molecule has 1 fully saturated rings. The number of anilines is 2. The van der Waals surface area contributed by atoms with Crippen LogP contribution in [0.3, 0.4) is 0 Å². The number of imide groups is 1. The van der Waals surface area contributed by atoms with Gasteiger partial charge in [0.2, 0.25) is 11.8 Å². The number of carbonyl (C=O) groups is 3. The number of amides is 3. The second-order valence-corrected chi connectivity index (χ2v) is 6.43. The minimum absolute atomic E-state index is 0.200. The molecule has 0 spiro atoms. The van der Waals surface area contributed by atoms with Crippen LogP contribution in [-0.2, 0) is 16.6 Å². The lowest BCUT2D eigenvalue weighted by Gasteiger charge is -2.14. The van der Waals surface area contributed by atoms with Gasteiger partial charge in [0.1, 0.15) is 0 Å². The maximum Gasteiger partial charge on any atom is 0.255 e. The molecule has 0 radical (unpaired) electrons. The van der Waals surface area contributed by atoms with E-state index in [0.29, 0.717) is 16.9 Å². The third kappa shape index (κ3) is 2.95. The van der Waals surface area contributed by atoms with Gasteiger partial charge in [0.25, 0.3) is 5.91 Å². The minimum Gasteiger partial charge on any atom is -0.321 e. The fourth-order valence-electron chi connectivity index (χ4n) is 3.23. The van der Waals surface area contributed by atoms with Crippen molar-refractivity contribution in [1.29, 1.82) is 0 Å². The van der Waals surface area contributed by atoms with Crippen LogP contribution in [0.15, 0.2) is 36.5 Å². The number of rotatable bonds is 3. The molecule has 8 heteroatoms. The molecule has 136 valence electrons. The van der Waals surface area contributed by atoms with E-state index in [-0.39, 0.29) is 30.6 Å². The zero-order valence-corrected chi connectivity index (χ0v) is 14.9. The molecule has 1 saturated heterocycles. The number of hydrogen-bond acceptors (Lipinski definition) is 5. The van der Waals surface area contributed by atoms with Crippen LogP contribution in [0.25, 0.3) is 11.0 Å². The highest BCUT2D eigenvalue weighted by Crippen LogP contribution is 2.24. The number of nitrogens with zero attached hydrogens (tertiary/aromatic N) is 4. The van der Waals surface area contributed by atoms with E-state index < -0.39 is 0 Å². The van der Waals surface area contributed by atoms with Crippen LogP contribution >= 0.6 is 0 Å². The first-order valence-electron chi connectivity index (χ1n) is 8.50. The first-order valence-corrected chi connectivity index (χ1v) is 8.50. The largest absolute Gasteiger partial charge is 0.321 e. The number of carbonyl (C=O) groups excluding carboxylic acids is 3. The molecule has 1 aromatic carbocycles. The van der Waals surface area contributed by atoms with E-state index in [1.165, 1.54) is 6.07 Å². The Morgan fingerprint density at radius 3 is 2.63 bits per heavy atom. The van der Waals surface area contributed by atoms with E-state index in [4.69, 9.17) is 0 Å². The summed E-state index contributed by atoms with van der Waals surface area (Å²) in [7, 11) is 1.81. The zero-order chi connectivity index (χ0) is 19.1. The third-order valence-corrected chi connectivity index (χ3v) is 4.54. The first-order chi connectivity index (χ1) is 12.9. The van der Waals surface area contributed by atoms with Crippen molar-refractivity contribution >= 4 is 40.1 Å². The summed E-state index contributed by atoms with van der Waals surface area (Å²) < 4.78 is 1.68. The number of hydrogen-bond donors (Lipinski definition) is 1. The molecule has 1 N–H and O–H groups in total. The highest BCUT2D eigenvalue weighted by molar-refractivity contribution is 6.20. The Kier molecular flexibility index (Phi) is 3.95. The standard InChI is InChI=1S/C19H17N5O3/c1-11-15-9-13(10-20-18(15)23(2)22-11)21-19(27)12-4-3-5-14(8-12)24-16(25)6-7-17(24)26/h3-5,8-10H,6-7H2,1-2H3,(H,21,27). The van der Waals surface area contributed by atoms with E-state index in [0.717, 1.165) is 21.6 Å². The monoisotopic (exact) mass is 363 g/mol. The molecular weight excluding hydrogens is 346 g/mol. The molecule has 3 amide bonds. The Labute approximate surface area is 154 Å². The number of fused-ring (bicyclic) bond motifs is 1. The van der Waals surface area contributed by atoms with E-state index in [9.17, 15) is 14.4 Å². The van der Waals surface area contributed by atoms with Crippen molar-refractivity contribution in [2.45, 2.75) is 19.8 Å². The fourth-order valence-corrected chi connectivity index (χ4v) is 3.23.